The van der Waals surface area contributed by atoms with Gasteiger partial charge in [0, 0.05) is 55.4 Å². The maximum atomic E-state index is 12.8. The Balaban J connectivity index is 1.26. The van der Waals surface area contributed by atoms with Crippen LogP contribution in [0.4, 0.5) is 16.3 Å². The number of piperidine rings is 1. The molecule has 4 heterocycles. The molecule has 10 heteroatoms. The molecule has 1 saturated heterocycles. The van der Waals surface area contributed by atoms with Crippen LogP contribution >= 0.6 is 15.9 Å². The summed E-state index contributed by atoms with van der Waals surface area (Å²) in [6, 6.07) is 13.3. The van der Waals surface area contributed by atoms with Crippen LogP contribution in [0.5, 0.6) is 5.75 Å². The molecular weight excluding hydrogens is 510 g/mol. The molecule has 4 aromatic rings. The van der Waals surface area contributed by atoms with Crippen LogP contribution in [0, 0.1) is 0 Å². The number of pyridine rings is 1. The molecule has 2 amide bonds. The van der Waals surface area contributed by atoms with Crippen LogP contribution in [0.25, 0.3) is 5.65 Å². The van der Waals surface area contributed by atoms with E-state index in [1.165, 1.54) is 0 Å². The number of likely N-dealkylation sites (tertiary alicyclic amines) is 1. The lowest BCUT2D eigenvalue weighted by atomic mass is 9.93. The van der Waals surface area contributed by atoms with Crippen molar-refractivity contribution in [2.45, 2.75) is 25.3 Å². The molecular formula is C25H26BrN7O2. The highest BCUT2D eigenvalue weighted by Crippen LogP contribution is 2.31. The van der Waals surface area contributed by atoms with Gasteiger partial charge in [-0.2, -0.15) is 9.61 Å². The Morgan fingerprint density at radius 2 is 1.97 bits per heavy atom. The van der Waals surface area contributed by atoms with Crippen LogP contribution in [0.2, 0.25) is 0 Å². The number of methoxy groups -OCH3 is 1. The van der Waals surface area contributed by atoms with E-state index in [0.717, 1.165) is 51.5 Å². The number of fused-ring (bicyclic) bond motifs is 1. The van der Waals surface area contributed by atoms with Crippen molar-refractivity contribution in [1.29, 1.82) is 0 Å². The van der Waals surface area contributed by atoms with Gasteiger partial charge in [0.15, 0.2) is 5.65 Å². The van der Waals surface area contributed by atoms with E-state index < -0.39 is 0 Å². The monoisotopic (exact) mass is 535 g/mol. The molecule has 180 valence electrons. The standard InChI is InChI=1S/C25H26BrN7O2/c1-35-20-6-4-19(5-7-20)30-25(34)32-11-8-18(9-12-32)22-13-23(28-15-17-3-2-10-27-14-17)33-24(31-22)21(26)16-29-33/h2-7,10,13-14,16,18,28H,8-9,11-12,15H2,1H3,(H,30,34). The molecule has 0 saturated carbocycles. The Morgan fingerprint density at radius 3 is 2.69 bits per heavy atom. The molecule has 2 N–H and O–H groups in total. The fourth-order valence-electron chi connectivity index (χ4n) is 4.24. The summed E-state index contributed by atoms with van der Waals surface area (Å²) in [5.74, 6) is 1.89. The number of hydrogen-bond donors (Lipinski definition) is 2. The highest BCUT2D eigenvalue weighted by atomic mass is 79.9. The molecule has 1 fully saturated rings. The minimum Gasteiger partial charge on any atom is -0.497 e. The van der Waals surface area contributed by atoms with Gasteiger partial charge in [0.1, 0.15) is 11.6 Å². The summed E-state index contributed by atoms with van der Waals surface area (Å²) in [6.07, 6.45) is 7.05. The van der Waals surface area contributed by atoms with Gasteiger partial charge in [-0.3, -0.25) is 4.98 Å². The number of aromatic nitrogens is 4. The normalized spacial score (nSPS) is 14.2. The van der Waals surface area contributed by atoms with Gasteiger partial charge in [0.05, 0.1) is 17.8 Å². The van der Waals surface area contributed by atoms with Gasteiger partial charge in [-0.15, -0.1) is 0 Å². The summed E-state index contributed by atoms with van der Waals surface area (Å²) in [5.41, 5.74) is 3.61. The number of anilines is 2. The van der Waals surface area contributed by atoms with Crippen molar-refractivity contribution >= 4 is 39.1 Å². The molecule has 0 bridgehead atoms. The largest absolute Gasteiger partial charge is 0.497 e. The van der Waals surface area contributed by atoms with Gasteiger partial charge in [-0.05, 0) is 64.7 Å². The van der Waals surface area contributed by atoms with E-state index in [0.29, 0.717) is 19.6 Å². The zero-order valence-corrected chi connectivity index (χ0v) is 20.9. The highest BCUT2D eigenvalue weighted by Gasteiger charge is 2.26. The van der Waals surface area contributed by atoms with E-state index in [1.807, 2.05) is 47.5 Å². The van der Waals surface area contributed by atoms with Crippen molar-refractivity contribution in [3.8, 4) is 5.75 Å². The number of benzene rings is 1. The average molecular weight is 536 g/mol. The first kappa shape index (κ1) is 23.1. The van der Waals surface area contributed by atoms with Gasteiger partial charge >= 0.3 is 6.03 Å². The highest BCUT2D eigenvalue weighted by molar-refractivity contribution is 9.10. The molecule has 0 radical (unpaired) electrons. The Morgan fingerprint density at radius 1 is 1.17 bits per heavy atom. The fourth-order valence-corrected chi connectivity index (χ4v) is 4.59. The van der Waals surface area contributed by atoms with Crippen LogP contribution < -0.4 is 15.4 Å². The van der Waals surface area contributed by atoms with Crippen molar-refractivity contribution in [3.63, 3.8) is 0 Å². The Kier molecular flexibility index (Phi) is 6.80. The van der Waals surface area contributed by atoms with E-state index in [1.54, 1.807) is 24.0 Å². The van der Waals surface area contributed by atoms with Crippen LogP contribution in [0.3, 0.4) is 0 Å². The second-order valence-corrected chi connectivity index (χ2v) is 9.28. The summed E-state index contributed by atoms with van der Waals surface area (Å²) in [4.78, 5) is 23.7. The smallest absolute Gasteiger partial charge is 0.321 e. The number of urea groups is 1. The quantitative estimate of drug-likeness (QED) is 0.363. The van der Waals surface area contributed by atoms with Crippen LogP contribution in [0.1, 0.15) is 30.0 Å². The first-order chi connectivity index (χ1) is 17.1. The third-order valence-electron chi connectivity index (χ3n) is 6.19. The van der Waals surface area contributed by atoms with Gasteiger partial charge < -0.3 is 20.3 Å². The average Bonchev–Trinajstić information content (AvgIpc) is 3.29. The molecule has 0 unspecified atom stereocenters. The minimum absolute atomic E-state index is 0.0885. The molecule has 1 aliphatic heterocycles. The summed E-state index contributed by atoms with van der Waals surface area (Å²) in [5, 5.41) is 10.9. The zero-order chi connectivity index (χ0) is 24.2. The lowest BCUT2D eigenvalue weighted by Gasteiger charge is -2.32. The van der Waals surface area contributed by atoms with Crippen LogP contribution in [-0.4, -0.2) is 50.7 Å². The van der Waals surface area contributed by atoms with Gasteiger partial charge in [0.25, 0.3) is 0 Å². The number of halogens is 1. The maximum absolute atomic E-state index is 12.8. The first-order valence-corrected chi connectivity index (χ1v) is 12.3. The van der Waals surface area contributed by atoms with Gasteiger partial charge in [-0.1, -0.05) is 6.07 Å². The number of hydrogen-bond acceptors (Lipinski definition) is 6. The Hall–Kier alpha value is -3.66. The summed E-state index contributed by atoms with van der Waals surface area (Å²) in [6.45, 7) is 1.96. The fraction of sp³-hybridized carbons (Fsp3) is 0.280. The Bertz CT molecular complexity index is 1300. The summed E-state index contributed by atoms with van der Waals surface area (Å²) >= 11 is 3.57. The number of amides is 2. The molecule has 0 atom stereocenters. The van der Waals surface area contributed by atoms with E-state index >= 15 is 0 Å². The number of carbonyl (C=O) groups excluding carboxylic acids is 1. The third kappa shape index (κ3) is 5.22. The molecule has 35 heavy (non-hydrogen) atoms. The molecule has 0 aliphatic carbocycles. The van der Waals surface area contributed by atoms with Crippen LogP contribution in [-0.2, 0) is 6.54 Å². The number of ether oxygens (including phenoxy) is 1. The number of rotatable bonds is 6. The summed E-state index contributed by atoms with van der Waals surface area (Å²) < 4.78 is 7.83. The van der Waals surface area contributed by atoms with E-state index in [4.69, 9.17) is 9.72 Å². The molecule has 1 aromatic carbocycles. The van der Waals surface area contributed by atoms with Crippen molar-refractivity contribution in [3.05, 3.63) is 76.8 Å². The third-order valence-corrected chi connectivity index (χ3v) is 6.75. The van der Waals surface area contributed by atoms with E-state index in [9.17, 15) is 4.79 Å². The lowest BCUT2D eigenvalue weighted by Crippen LogP contribution is -2.40. The lowest BCUT2D eigenvalue weighted by molar-refractivity contribution is 0.194. The van der Waals surface area contributed by atoms with Crippen LogP contribution in [0.15, 0.2) is 65.5 Å². The molecule has 0 spiro atoms. The van der Waals surface area contributed by atoms with Gasteiger partial charge in [0.2, 0.25) is 0 Å². The molecule has 5 rings (SSSR count). The van der Waals surface area contributed by atoms with Crippen molar-refractivity contribution in [1.82, 2.24) is 24.5 Å². The summed E-state index contributed by atoms with van der Waals surface area (Å²) in [7, 11) is 1.62. The van der Waals surface area contributed by atoms with Gasteiger partial charge in [-0.25, -0.2) is 9.78 Å². The predicted octanol–water partition coefficient (Wildman–Crippen LogP) is 4.92. The van der Waals surface area contributed by atoms with Crippen molar-refractivity contribution in [2.75, 3.05) is 30.8 Å². The number of nitrogens with zero attached hydrogens (tertiary/aromatic N) is 5. The van der Waals surface area contributed by atoms with Crippen molar-refractivity contribution in [2.24, 2.45) is 0 Å². The molecule has 1 aliphatic rings. The zero-order valence-electron chi connectivity index (χ0n) is 19.3. The maximum Gasteiger partial charge on any atom is 0.321 e. The molecule has 9 nitrogen and oxygen atoms in total. The van der Waals surface area contributed by atoms with Crippen molar-refractivity contribution < 1.29 is 9.53 Å². The van der Waals surface area contributed by atoms with E-state index in [2.05, 4.69) is 42.7 Å². The van der Waals surface area contributed by atoms with E-state index in [-0.39, 0.29) is 11.9 Å². The first-order valence-electron chi connectivity index (χ1n) is 11.5. The number of nitrogens with one attached hydrogen (secondary N) is 2. The second-order valence-electron chi connectivity index (χ2n) is 8.43. The minimum atomic E-state index is -0.0885. The SMILES string of the molecule is COc1ccc(NC(=O)N2CCC(c3cc(NCc4cccnc4)n4ncc(Br)c4n3)CC2)cc1. The number of carbonyl (C=O) groups is 1. The molecule has 3 aromatic heterocycles. The predicted molar refractivity (Wildman–Crippen MR) is 138 cm³/mol. The topological polar surface area (TPSA) is 96.7 Å². The Labute approximate surface area is 211 Å². The second kappa shape index (κ2) is 10.3.